The number of hydrazone groups is 1. The van der Waals surface area contributed by atoms with Crippen LogP contribution in [0.5, 0.6) is 0 Å². The van der Waals surface area contributed by atoms with E-state index in [1.54, 1.807) is 6.21 Å². The molecule has 1 aliphatic rings. The highest BCUT2D eigenvalue weighted by molar-refractivity contribution is 7.71. The molecule has 1 aliphatic heterocycles. The van der Waals surface area contributed by atoms with Crippen molar-refractivity contribution in [2.75, 3.05) is 10.7 Å². The van der Waals surface area contributed by atoms with Gasteiger partial charge in [-0.05, 0) is 30.4 Å². The van der Waals surface area contributed by atoms with Crippen LogP contribution in [-0.2, 0) is 4.79 Å². The van der Waals surface area contributed by atoms with E-state index in [4.69, 9.17) is 16.6 Å². The fourth-order valence-corrected chi connectivity index (χ4v) is 3.96. The molecule has 6 rings (SSSR count). The van der Waals surface area contributed by atoms with Crippen LogP contribution in [0.1, 0.15) is 11.1 Å². The van der Waals surface area contributed by atoms with E-state index in [9.17, 15) is 4.79 Å². The first kappa shape index (κ1) is 19.1. The molecule has 3 aromatic carbocycles. The Morgan fingerprint density at radius 1 is 1.03 bits per heavy atom. The average Bonchev–Trinajstić information content (AvgIpc) is 3.48. The van der Waals surface area contributed by atoms with Gasteiger partial charge in [0.2, 0.25) is 4.77 Å². The van der Waals surface area contributed by atoms with Crippen LogP contribution in [0.25, 0.3) is 21.9 Å². The Kier molecular flexibility index (Phi) is 4.37. The fraction of sp³-hybridized carbons (Fsp3) is 0. The molecule has 9 nitrogen and oxygen atoms in total. The van der Waals surface area contributed by atoms with Gasteiger partial charge in [-0.25, -0.2) is 10.5 Å². The lowest BCUT2D eigenvalue weighted by Crippen LogP contribution is -2.16. The number of hydrogen-bond acceptors (Lipinski definition) is 7. The number of fused-ring (bicyclic) bond motifs is 4. The van der Waals surface area contributed by atoms with Gasteiger partial charge in [0.05, 0.1) is 11.9 Å². The van der Waals surface area contributed by atoms with Gasteiger partial charge < -0.3 is 9.73 Å². The van der Waals surface area contributed by atoms with E-state index in [0.717, 1.165) is 27.5 Å². The summed E-state index contributed by atoms with van der Waals surface area (Å²) in [5, 5.41) is 20.3. The third kappa shape index (κ3) is 3.20. The molecule has 10 heteroatoms. The summed E-state index contributed by atoms with van der Waals surface area (Å²) in [4.78, 5) is 12.4. The van der Waals surface area contributed by atoms with Crippen molar-refractivity contribution < 1.29 is 9.21 Å². The van der Waals surface area contributed by atoms with Gasteiger partial charge >= 0.3 is 0 Å². The number of benzene rings is 3. The number of rotatable bonds is 4. The Labute approximate surface area is 191 Å². The molecule has 0 unspecified atom stereocenters. The first-order chi connectivity index (χ1) is 16.2. The lowest BCUT2D eigenvalue weighted by molar-refractivity contribution is -0.110. The molecule has 0 saturated carbocycles. The molecule has 1 amide bonds. The number of amides is 1. The third-order valence-corrected chi connectivity index (χ3v) is 5.56. The molecule has 160 valence electrons. The van der Waals surface area contributed by atoms with E-state index in [-0.39, 0.29) is 22.3 Å². The summed E-state index contributed by atoms with van der Waals surface area (Å²) in [7, 11) is 0. The normalized spacial score (nSPS) is 14.4. The van der Waals surface area contributed by atoms with Crippen LogP contribution in [0, 0.1) is 4.77 Å². The smallest absolute Gasteiger partial charge is 0.276 e. The van der Waals surface area contributed by atoms with Crippen molar-refractivity contribution in [3.63, 3.8) is 0 Å². The lowest BCUT2D eigenvalue weighted by Gasteiger charge is -2.01. The maximum Gasteiger partial charge on any atom is 0.276 e. The molecule has 2 aromatic heterocycles. The Hall–Kier alpha value is -4.57. The lowest BCUT2D eigenvalue weighted by atomic mass is 10.1. The summed E-state index contributed by atoms with van der Waals surface area (Å²) in [5.41, 5.74) is 6.81. The van der Waals surface area contributed by atoms with Crippen molar-refractivity contribution in [1.82, 2.24) is 14.9 Å². The highest BCUT2D eigenvalue weighted by Crippen LogP contribution is 2.30. The van der Waals surface area contributed by atoms with Crippen molar-refractivity contribution in [3.05, 3.63) is 82.6 Å². The molecule has 3 N–H and O–H groups in total. The van der Waals surface area contributed by atoms with E-state index >= 15 is 0 Å². The maximum atomic E-state index is 12.4. The zero-order valence-electron chi connectivity index (χ0n) is 16.9. The van der Waals surface area contributed by atoms with Gasteiger partial charge in [-0.2, -0.15) is 14.9 Å². The molecule has 0 spiro atoms. The maximum absolute atomic E-state index is 12.4. The number of carbonyl (C=O) groups is 1. The second-order valence-corrected chi connectivity index (χ2v) is 7.69. The minimum absolute atomic E-state index is 0.219. The van der Waals surface area contributed by atoms with Gasteiger partial charge in [0.15, 0.2) is 5.71 Å². The zero-order valence-corrected chi connectivity index (χ0v) is 17.8. The number of hydrogen-bond donors (Lipinski definition) is 3. The topological polar surface area (TPSA) is 113 Å². The average molecular weight is 453 g/mol. The van der Waals surface area contributed by atoms with Gasteiger partial charge in [0.25, 0.3) is 11.9 Å². The van der Waals surface area contributed by atoms with Crippen LogP contribution in [0.15, 0.2) is 81.4 Å². The van der Waals surface area contributed by atoms with Crippen LogP contribution < -0.4 is 10.7 Å². The Balaban J connectivity index is 1.33. The summed E-state index contributed by atoms with van der Waals surface area (Å²) in [5.74, 6) is -0.0805. The monoisotopic (exact) mass is 453 g/mol. The van der Waals surface area contributed by atoms with Crippen LogP contribution >= 0.6 is 12.2 Å². The molecule has 0 bridgehead atoms. The van der Waals surface area contributed by atoms with Gasteiger partial charge in [-0.15, -0.1) is 5.10 Å². The molecule has 0 fully saturated rings. The van der Waals surface area contributed by atoms with E-state index < -0.39 is 0 Å². The number of aromatic amines is 1. The van der Waals surface area contributed by atoms with Crippen LogP contribution in [0.4, 0.5) is 11.6 Å². The minimum atomic E-state index is -0.315. The highest BCUT2D eigenvalue weighted by Gasteiger charge is 2.26. The van der Waals surface area contributed by atoms with Crippen LogP contribution in [0.2, 0.25) is 0 Å². The molecule has 3 heterocycles. The van der Waals surface area contributed by atoms with Crippen molar-refractivity contribution in [3.8, 4) is 0 Å². The van der Waals surface area contributed by atoms with Crippen LogP contribution in [-0.4, -0.2) is 32.7 Å². The summed E-state index contributed by atoms with van der Waals surface area (Å²) < 4.78 is 7.56. The highest BCUT2D eigenvalue weighted by atomic mass is 32.1. The SMILES string of the molecule is O=C1Nc2ccccc2/C1=N/n1c(N/N=C/c2cccc3c2oc2ccccc23)n[nH]c1=S. The van der Waals surface area contributed by atoms with Gasteiger partial charge in [-0.1, -0.05) is 48.5 Å². The van der Waals surface area contributed by atoms with Gasteiger partial charge in [0, 0.05) is 21.9 Å². The number of aromatic nitrogens is 3. The second-order valence-electron chi connectivity index (χ2n) is 7.30. The van der Waals surface area contributed by atoms with Gasteiger partial charge in [0.1, 0.15) is 11.2 Å². The van der Waals surface area contributed by atoms with E-state index in [0.29, 0.717) is 11.3 Å². The van der Waals surface area contributed by atoms with Crippen molar-refractivity contribution in [2.45, 2.75) is 0 Å². The number of carbonyl (C=O) groups excluding carboxylic acids is 1. The molecule has 5 aromatic rings. The third-order valence-electron chi connectivity index (χ3n) is 5.30. The molecule has 0 atom stereocenters. The first-order valence-corrected chi connectivity index (χ1v) is 10.5. The predicted molar refractivity (Wildman–Crippen MR) is 129 cm³/mol. The second kappa shape index (κ2) is 7.53. The number of nitrogens with zero attached hydrogens (tertiary/aromatic N) is 4. The number of H-pyrrole nitrogens is 1. The molecule has 33 heavy (non-hydrogen) atoms. The molecular formula is C23H15N7O2S. The number of anilines is 2. The quantitative estimate of drug-likeness (QED) is 0.211. The molecule has 0 saturated heterocycles. The number of nitrogens with one attached hydrogen (secondary N) is 3. The Morgan fingerprint density at radius 3 is 2.79 bits per heavy atom. The van der Waals surface area contributed by atoms with E-state index in [1.165, 1.54) is 4.68 Å². The molecule has 0 aliphatic carbocycles. The van der Waals surface area contributed by atoms with Crippen LogP contribution in [0.3, 0.4) is 0 Å². The Bertz CT molecular complexity index is 1680. The van der Waals surface area contributed by atoms with E-state index in [2.05, 4.69) is 31.1 Å². The standard InChI is InChI=1S/C23H15N7O2S/c31-21-19(16-8-1-3-10-17(16)25-21)29-30-22(27-28-23(30)33)26-24-12-13-6-5-9-15-14-7-2-4-11-18(14)32-20(13)15/h1-12H,(H,26,27)(H,28,33)(H,25,29,31)/b24-12+. The van der Waals surface area contributed by atoms with Gasteiger partial charge in [-0.3, -0.25) is 4.79 Å². The fourth-order valence-electron chi connectivity index (χ4n) is 3.79. The first-order valence-electron chi connectivity index (χ1n) is 10.1. The minimum Gasteiger partial charge on any atom is -0.455 e. The largest absolute Gasteiger partial charge is 0.455 e. The number of para-hydroxylation sites is 3. The van der Waals surface area contributed by atoms with Crippen molar-refractivity contribution in [2.24, 2.45) is 10.2 Å². The van der Waals surface area contributed by atoms with Crippen molar-refractivity contribution in [1.29, 1.82) is 0 Å². The molecule has 0 radical (unpaired) electrons. The summed E-state index contributed by atoms with van der Waals surface area (Å²) >= 11 is 5.29. The molecular weight excluding hydrogens is 438 g/mol. The summed E-state index contributed by atoms with van der Waals surface area (Å²) in [6.45, 7) is 0. The summed E-state index contributed by atoms with van der Waals surface area (Å²) in [6.07, 6.45) is 1.64. The Morgan fingerprint density at radius 2 is 1.85 bits per heavy atom. The number of furan rings is 1. The zero-order chi connectivity index (χ0) is 22.4. The van der Waals surface area contributed by atoms with E-state index in [1.807, 2.05) is 66.7 Å². The summed E-state index contributed by atoms with van der Waals surface area (Å²) in [6, 6.07) is 21.1. The predicted octanol–water partition coefficient (Wildman–Crippen LogP) is 4.49. The van der Waals surface area contributed by atoms with Crippen molar-refractivity contribution >= 4 is 63.6 Å².